The van der Waals surface area contributed by atoms with Crippen LogP contribution in [0.15, 0.2) is 12.1 Å². The Labute approximate surface area is 109 Å². The number of unbranched alkanes of at least 4 members (excludes halogenated alkanes) is 1. The fourth-order valence-corrected chi connectivity index (χ4v) is 1.95. The second-order valence-corrected chi connectivity index (χ2v) is 4.15. The van der Waals surface area contributed by atoms with Crippen LogP contribution in [0.25, 0.3) is 0 Å². The van der Waals surface area contributed by atoms with Gasteiger partial charge in [-0.3, -0.25) is 0 Å². The summed E-state index contributed by atoms with van der Waals surface area (Å²) in [5.74, 6) is 1.74. The Kier molecular flexibility index (Phi) is 6.54. The number of hydrogen-bond acceptors (Lipinski definition) is 4. The fourth-order valence-electron chi connectivity index (χ4n) is 1.95. The van der Waals surface area contributed by atoms with Gasteiger partial charge in [0, 0.05) is 12.7 Å². The van der Waals surface area contributed by atoms with Crippen molar-refractivity contribution in [2.45, 2.75) is 25.9 Å². The Morgan fingerprint density at radius 3 is 2.11 bits per heavy atom. The quantitative estimate of drug-likeness (QED) is 0.721. The van der Waals surface area contributed by atoms with Crippen LogP contribution in [0, 0.1) is 0 Å². The first-order chi connectivity index (χ1) is 8.76. The molecule has 0 saturated heterocycles. The molecule has 0 bridgehead atoms. The van der Waals surface area contributed by atoms with Crippen LogP contribution in [0.3, 0.4) is 0 Å². The molecule has 102 valence electrons. The topological polar surface area (TPSA) is 53.7 Å². The van der Waals surface area contributed by atoms with E-state index in [1.807, 2.05) is 12.1 Å². The van der Waals surface area contributed by atoms with E-state index in [1.165, 1.54) is 0 Å². The molecule has 1 rings (SSSR count). The molecule has 4 nitrogen and oxygen atoms in total. The van der Waals surface area contributed by atoms with E-state index in [0.717, 1.165) is 48.4 Å². The van der Waals surface area contributed by atoms with Crippen LogP contribution in [-0.4, -0.2) is 27.9 Å². The predicted octanol–water partition coefficient (Wildman–Crippen LogP) is 2.13. The smallest absolute Gasteiger partial charge is 0.124 e. The predicted molar refractivity (Wildman–Crippen MR) is 72.3 cm³/mol. The van der Waals surface area contributed by atoms with E-state index in [9.17, 15) is 0 Å². The van der Waals surface area contributed by atoms with Crippen molar-refractivity contribution in [2.24, 2.45) is 5.73 Å². The Morgan fingerprint density at radius 2 is 1.56 bits per heavy atom. The third-order valence-corrected chi connectivity index (χ3v) is 2.88. The third kappa shape index (κ3) is 3.89. The van der Waals surface area contributed by atoms with E-state index < -0.39 is 0 Å². The zero-order valence-corrected chi connectivity index (χ0v) is 11.5. The summed E-state index contributed by atoms with van der Waals surface area (Å²) in [5, 5.41) is 0. The molecule has 1 aromatic rings. The van der Waals surface area contributed by atoms with Gasteiger partial charge < -0.3 is 19.9 Å². The molecule has 0 aliphatic heterocycles. The molecule has 1 aromatic carbocycles. The second-order valence-electron chi connectivity index (χ2n) is 4.15. The highest BCUT2D eigenvalue weighted by Gasteiger charge is 2.10. The van der Waals surface area contributed by atoms with Gasteiger partial charge in [-0.15, -0.1) is 0 Å². The lowest BCUT2D eigenvalue weighted by Crippen LogP contribution is -2.02. The molecule has 0 spiro atoms. The molecule has 0 aliphatic carbocycles. The van der Waals surface area contributed by atoms with Crippen LogP contribution in [0.5, 0.6) is 11.5 Å². The molecule has 0 saturated carbocycles. The van der Waals surface area contributed by atoms with Crippen LogP contribution in [0.1, 0.15) is 24.0 Å². The number of hydrogen-bond donors (Lipinski definition) is 1. The lowest BCUT2D eigenvalue weighted by Gasteiger charge is -2.14. The van der Waals surface area contributed by atoms with Crippen LogP contribution in [0.2, 0.25) is 0 Å². The van der Waals surface area contributed by atoms with Crippen LogP contribution < -0.4 is 15.2 Å². The normalized spacial score (nSPS) is 10.4. The average Bonchev–Trinajstić information content (AvgIpc) is 2.40. The van der Waals surface area contributed by atoms with Gasteiger partial charge in [-0.2, -0.15) is 0 Å². The summed E-state index contributed by atoms with van der Waals surface area (Å²) in [6.07, 6.45) is 3.02. The van der Waals surface area contributed by atoms with Gasteiger partial charge >= 0.3 is 0 Å². The number of ether oxygens (including phenoxy) is 3. The number of rotatable bonds is 8. The number of methoxy groups -OCH3 is 3. The van der Waals surface area contributed by atoms with Crippen LogP contribution in [0.4, 0.5) is 0 Å². The first kappa shape index (κ1) is 14.8. The molecule has 2 N–H and O–H groups in total. The molecule has 0 fully saturated rings. The SMILES string of the molecule is COCc1cc(OC)c(CCCCN)cc1OC. The summed E-state index contributed by atoms with van der Waals surface area (Å²) in [5.41, 5.74) is 7.67. The zero-order valence-electron chi connectivity index (χ0n) is 11.5. The van der Waals surface area contributed by atoms with Gasteiger partial charge in [0.05, 0.1) is 20.8 Å². The molecular formula is C14H23NO3. The van der Waals surface area contributed by atoms with Gasteiger partial charge in [0.15, 0.2) is 0 Å². The maximum Gasteiger partial charge on any atom is 0.124 e. The monoisotopic (exact) mass is 253 g/mol. The molecule has 0 aromatic heterocycles. The summed E-state index contributed by atoms with van der Waals surface area (Å²) in [6, 6.07) is 4.02. The molecule has 18 heavy (non-hydrogen) atoms. The van der Waals surface area contributed by atoms with E-state index in [2.05, 4.69) is 0 Å². The summed E-state index contributed by atoms with van der Waals surface area (Å²) < 4.78 is 16.0. The van der Waals surface area contributed by atoms with Crippen molar-refractivity contribution in [3.63, 3.8) is 0 Å². The largest absolute Gasteiger partial charge is 0.496 e. The van der Waals surface area contributed by atoms with Gasteiger partial charge in [0.2, 0.25) is 0 Å². The maximum absolute atomic E-state index is 5.51. The van der Waals surface area contributed by atoms with E-state index in [-0.39, 0.29) is 0 Å². The van der Waals surface area contributed by atoms with Crippen molar-refractivity contribution in [1.29, 1.82) is 0 Å². The molecule has 4 heteroatoms. The average molecular weight is 253 g/mol. The molecule has 0 atom stereocenters. The minimum absolute atomic E-state index is 0.516. The minimum atomic E-state index is 0.516. The number of nitrogens with two attached hydrogens (primary N) is 1. The molecule has 0 unspecified atom stereocenters. The lowest BCUT2D eigenvalue weighted by molar-refractivity contribution is 0.181. The van der Waals surface area contributed by atoms with Gasteiger partial charge in [-0.05, 0) is 43.5 Å². The number of benzene rings is 1. The van der Waals surface area contributed by atoms with E-state index in [0.29, 0.717) is 6.61 Å². The minimum Gasteiger partial charge on any atom is -0.496 e. The second kappa shape index (κ2) is 7.95. The van der Waals surface area contributed by atoms with Crippen molar-refractivity contribution < 1.29 is 14.2 Å². The van der Waals surface area contributed by atoms with E-state index in [1.54, 1.807) is 21.3 Å². The van der Waals surface area contributed by atoms with Crippen LogP contribution >= 0.6 is 0 Å². The standard InChI is InChI=1S/C14H23NO3/c1-16-10-12-9-13(17-2)11(6-4-5-7-15)8-14(12)18-3/h8-9H,4-7,10,15H2,1-3H3. The summed E-state index contributed by atoms with van der Waals surface area (Å²) in [7, 11) is 5.02. The Hall–Kier alpha value is -1.26. The third-order valence-electron chi connectivity index (χ3n) is 2.88. The van der Waals surface area contributed by atoms with Crippen molar-refractivity contribution >= 4 is 0 Å². The fraction of sp³-hybridized carbons (Fsp3) is 0.571. The summed E-state index contributed by atoms with van der Waals surface area (Å²) >= 11 is 0. The van der Waals surface area contributed by atoms with Gasteiger partial charge in [0.1, 0.15) is 11.5 Å². The highest BCUT2D eigenvalue weighted by molar-refractivity contribution is 5.46. The first-order valence-corrected chi connectivity index (χ1v) is 6.19. The molecule has 0 radical (unpaired) electrons. The van der Waals surface area contributed by atoms with Crippen molar-refractivity contribution in [2.75, 3.05) is 27.9 Å². The molecule has 0 aliphatic rings. The summed E-state index contributed by atoms with van der Waals surface area (Å²) in [4.78, 5) is 0. The highest BCUT2D eigenvalue weighted by atomic mass is 16.5. The van der Waals surface area contributed by atoms with Crippen molar-refractivity contribution in [1.82, 2.24) is 0 Å². The van der Waals surface area contributed by atoms with Crippen molar-refractivity contribution in [3.8, 4) is 11.5 Å². The van der Waals surface area contributed by atoms with Gasteiger partial charge in [-0.1, -0.05) is 0 Å². The van der Waals surface area contributed by atoms with Crippen LogP contribution in [-0.2, 0) is 17.8 Å². The first-order valence-electron chi connectivity index (χ1n) is 6.19. The Bertz CT molecular complexity index is 366. The van der Waals surface area contributed by atoms with Crippen molar-refractivity contribution in [3.05, 3.63) is 23.3 Å². The van der Waals surface area contributed by atoms with E-state index >= 15 is 0 Å². The van der Waals surface area contributed by atoms with E-state index in [4.69, 9.17) is 19.9 Å². The molecule has 0 heterocycles. The zero-order chi connectivity index (χ0) is 13.4. The Balaban J connectivity index is 2.94. The number of aryl methyl sites for hydroxylation is 1. The molecular weight excluding hydrogens is 230 g/mol. The van der Waals surface area contributed by atoms with Gasteiger partial charge in [0.25, 0.3) is 0 Å². The highest BCUT2D eigenvalue weighted by Crippen LogP contribution is 2.30. The maximum atomic E-state index is 5.51. The van der Waals surface area contributed by atoms with Gasteiger partial charge in [-0.25, -0.2) is 0 Å². The molecule has 0 amide bonds. The summed E-state index contributed by atoms with van der Waals surface area (Å²) in [6.45, 7) is 1.24. The Morgan fingerprint density at radius 1 is 0.944 bits per heavy atom. The lowest BCUT2D eigenvalue weighted by atomic mass is 10.0.